The van der Waals surface area contributed by atoms with Crippen molar-refractivity contribution in [1.29, 1.82) is 0 Å². The van der Waals surface area contributed by atoms with Crippen LogP contribution in [0, 0.1) is 13.8 Å². The van der Waals surface area contributed by atoms with Crippen LogP contribution in [0.3, 0.4) is 0 Å². The quantitative estimate of drug-likeness (QED) is 0.868. The maximum Gasteiger partial charge on any atom is 0.356 e. The third-order valence-electron chi connectivity index (χ3n) is 2.76. The molecule has 0 aliphatic rings. The zero-order valence-electron chi connectivity index (χ0n) is 10.8. The number of hydrogen-bond donors (Lipinski definition) is 2. The van der Waals surface area contributed by atoms with Crippen LogP contribution in [-0.2, 0) is 0 Å². The normalized spacial score (nSPS) is 12.2. The summed E-state index contributed by atoms with van der Waals surface area (Å²) in [6.07, 6.45) is 2.60. The molecule has 0 aromatic carbocycles. The van der Waals surface area contributed by atoms with Gasteiger partial charge in [0.1, 0.15) is 11.6 Å². The van der Waals surface area contributed by atoms with E-state index < -0.39 is 5.97 Å². The highest BCUT2D eigenvalue weighted by Crippen LogP contribution is 2.23. The topological polar surface area (TPSA) is 101 Å². The lowest BCUT2D eigenvalue weighted by atomic mass is 10.1. The average molecular weight is 262 g/mol. The van der Waals surface area contributed by atoms with E-state index in [1.165, 1.54) is 12.4 Å². The molecule has 2 heterocycles. The molecule has 0 aliphatic carbocycles. The summed E-state index contributed by atoms with van der Waals surface area (Å²) >= 11 is 0. The largest absolute Gasteiger partial charge is 0.476 e. The Labute approximate surface area is 109 Å². The minimum absolute atomic E-state index is 0.0590. The van der Waals surface area contributed by atoms with Crippen molar-refractivity contribution in [1.82, 2.24) is 15.1 Å². The van der Waals surface area contributed by atoms with Crippen molar-refractivity contribution < 1.29 is 14.4 Å². The van der Waals surface area contributed by atoms with Gasteiger partial charge < -0.3 is 14.9 Å². The number of aromatic nitrogens is 3. The summed E-state index contributed by atoms with van der Waals surface area (Å²) < 4.78 is 5.10. The van der Waals surface area contributed by atoms with Crippen LogP contribution >= 0.6 is 0 Å². The molecule has 0 aliphatic heterocycles. The van der Waals surface area contributed by atoms with Gasteiger partial charge in [-0.1, -0.05) is 5.16 Å². The zero-order chi connectivity index (χ0) is 14.0. The molecular weight excluding hydrogens is 248 g/mol. The number of carboxylic acids is 1. The van der Waals surface area contributed by atoms with Gasteiger partial charge in [-0.3, -0.25) is 0 Å². The van der Waals surface area contributed by atoms with E-state index in [-0.39, 0.29) is 11.7 Å². The summed E-state index contributed by atoms with van der Waals surface area (Å²) in [6.45, 7) is 5.65. The number of nitrogens with zero attached hydrogens (tertiary/aromatic N) is 3. The third-order valence-corrected chi connectivity index (χ3v) is 2.76. The Kier molecular flexibility index (Phi) is 3.46. The Morgan fingerprint density at radius 2 is 2.11 bits per heavy atom. The molecule has 0 saturated heterocycles. The molecule has 2 aromatic rings. The van der Waals surface area contributed by atoms with E-state index in [2.05, 4.69) is 20.4 Å². The molecular formula is C12H14N4O3. The van der Waals surface area contributed by atoms with Crippen LogP contribution in [-0.4, -0.2) is 26.2 Å². The van der Waals surface area contributed by atoms with Crippen LogP contribution in [0.25, 0.3) is 0 Å². The lowest BCUT2D eigenvalue weighted by Crippen LogP contribution is -2.11. The molecule has 2 rings (SSSR count). The van der Waals surface area contributed by atoms with E-state index in [0.717, 1.165) is 17.0 Å². The van der Waals surface area contributed by atoms with E-state index in [4.69, 9.17) is 9.63 Å². The van der Waals surface area contributed by atoms with Crippen molar-refractivity contribution >= 4 is 11.8 Å². The van der Waals surface area contributed by atoms with Crippen molar-refractivity contribution in [3.8, 4) is 0 Å². The van der Waals surface area contributed by atoms with Gasteiger partial charge in [0.05, 0.1) is 24.1 Å². The molecule has 19 heavy (non-hydrogen) atoms. The molecule has 0 fully saturated rings. The second-order valence-corrected chi connectivity index (χ2v) is 4.20. The molecule has 0 spiro atoms. The highest BCUT2D eigenvalue weighted by molar-refractivity contribution is 5.84. The van der Waals surface area contributed by atoms with E-state index in [0.29, 0.717) is 5.82 Å². The fourth-order valence-corrected chi connectivity index (χ4v) is 1.92. The van der Waals surface area contributed by atoms with Crippen LogP contribution in [0.4, 0.5) is 5.82 Å². The van der Waals surface area contributed by atoms with Gasteiger partial charge in [0.25, 0.3) is 0 Å². The number of nitrogens with one attached hydrogen (secondary N) is 1. The predicted octanol–water partition coefficient (Wildman–Crippen LogP) is 1.95. The Morgan fingerprint density at radius 1 is 1.37 bits per heavy atom. The second kappa shape index (κ2) is 5.05. The number of anilines is 1. The number of aromatic carboxylic acids is 1. The van der Waals surface area contributed by atoms with Gasteiger partial charge >= 0.3 is 5.97 Å². The summed E-state index contributed by atoms with van der Waals surface area (Å²) in [5, 5.41) is 15.7. The number of carbonyl (C=O) groups is 1. The Balaban J connectivity index is 2.15. The Hall–Kier alpha value is -2.44. The molecule has 0 amide bonds. The van der Waals surface area contributed by atoms with Crippen molar-refractivity contribution in [2.24, 2.45) is 0 Å². The minimum Gasteiger partial charge on any atom is -0.476 e. The number of aryl methyl sites for hydroxylation is 2. The number of hydrogen-bond acceptors (Lipinski definition) is 6. The summed E-state index contributed by atoms with van der Waals surface area (Å²) in [7, 11) is 0. The summed E-state index contributed by atoms with van der Waals surface area (Å²) in [6, 6.07) is -0.0590. The number of rotatable bonds is 4. The van der Waals surface area contributed by atoms with Crippen molar-refractivity contribution in [2.45, 2.75) is 26.8 Å². The fraction of sp³-hybridized carbons (Fsp3) is 0.333. The first kappa shape index (κ1) is 13.0. The molecule has 1 atom stereocenters. The molecule has 1 unspecified atom stereocenters. The SMILES string of the molecule is Cc1noc(C)c1C(C)Nc1cnc(C(=O)O)cn1. The van der Waals surface area contributed by atoms with Gasteiger partial charge in [0, 0.05) is 5.56 Å². The van der Waals surface area contributed by atoms with Gasteiger partial charge in [-0.15, -0.1) is 0 Å². The zero-order valence-corrected chi connectivity index (χ0v) is 10.8. The molecule has 100 valence electrons. The lowest BCUT2D eigenvalue weighted by molar-refractivity contribution is 0.0690. The highest BCUT2D eigenvalue weighted by atomic mass is 16.5. The molecule has 0 saturated carbocycles. The summed E-state index contributed by atoms with van der Waals surface area (Å²) in [5.41, 5.74) is 1.69. The minimum atomic E-state index is -1.10. The monoisotopic (exact) mass is 262 g/mol. The standard InChI is InChI=1S/C12H14N4O3/c1-6(11-7(2)16-19-8(11)3)15-10-5-13-9(4-14-10)12(17)18/h4-6H,1-3H3,(H,14,15)(H,17,18). The number of carboxylic acid groups (broad SMARTS) is 1. The molecule has 2 N–H and O–H groups in total. The van der Waals surface area contributed by atoms with Gasteiger partial charge in [-0.25, -0.2) is 14.8 Å². The van der Waals surface area contributed by atoms with Gasteiger partial charge in [-0.05, 0) is 20.8 Å². The summed E-state index contributed by atoms with van der Waals surface area (Å²) in [5.74, 6) is 0.142. The van der Waals surface area contributed by atoms with E-state index >= 15 is 0 Å². The first-order valence-electron chi connectivity index (χ1n) is 5.73. The fourth-order valence-electron chi connectivity index (χ4n) is 1.92. The van der Waals surface area contributed by atoms with Crippen LogP contribution in [0.15, 0.2) is 16.9 Å². The molecule has 0 bridgehead atoms. The molecule has 7 heteroatoms. The van der Waals surface area contributed by atoms with Crippen molar-refractivity contribution in [2.75, 3.05) is 5.32 Å². The molecule has 0 radical (unpaired) electrons. The lowest BCUT2D eigenvalue weighted by Gasteiger charge is -2.13. The maximum atomic E-state index is 10.7. The third kappa shape index (κ3) is 2.70. The van der Waals surface area contributed by atoms with Crippen LogP contribution < -0.4 is 5.32 Å². The smallest absolute Gasteiger partial charge is 0.356 e. The first-order valence-corrected chi connectivity index (χ1v) is 5.73. The molecule has 7 nitrogen and oxygen atoms in total. The summed E-state index contributed by atoms with van der Waals surface area (Å²) in [4.78, 5) is 18.5. The highest BCUT2D eigenvalue weighted by Gasteiger charge is 2.16. The van der Waals surface area contributed by atoms with E-state index in [1.807, 2.05) is 20.8 Å². The predicted molar refractivity (Wildman–Crippen MR) is 67.0 cm³/mol. The van der Waals surface area contributed by atoms with Crippen LogP contribution in [0.1, 0.15) is 40.5 Å². The second-order valence-electron chi connectivity index (χ2n) is 4.20. The van der Waals surface area contributed by atoms with Crippen LogP contribution in [0.2, 0.25) is 0 Å². The van der Waals surface area contributed by atoms with Crippen LogP contribution in [0.5, 0.6) is 0 Å². The van der Waals surface area contributed by atoms with Gasteiger partial charge in [0.15, 0.2) is 5.69 Å². The van der Waals surface area contributed by atoms with Crippen molar-refractivity contribution in [3.05, 3.63) is 35.1 Å². The Bertz CT molecular complexity index is 572. The Morgan fingerprint density at radius 3 is 2.58 bits per heavy atom. The molecule has 2 aromatic heterocycles. The van der Waals surface area contributed by atoms with Gasteiger partial charge in [-0.2, -0.15) is 0 Å². The van der Waals surface area contributed by atoms with E-state index in [9.17, 15) is 4.79 Å². The average Bonchev–Trinajstić information content (AvgIpc) is 2.69. The van der Waals surface area contributed by atoms with Gasteiger partial charge in [0.2, 0.25) is 0 Å². The van der Waals surface area contributed by atoms with Crippen molar-refractivity contribution in [3.63, 3.8) is 0 Å². The maximum absolute atomic E-state index is 10.7. The first-order chi connectivity index (χ1) is 8.99. The van der Waals surface area contributed by atoms with E-state index in [1.54, 1.807) is 0 Å².